The molecule has 1 aromatic rings. The number of amides is 1. The molecule has 0 aliphatic heterocycles. The largest absolute Gasteiger partial charge is 0.349 e. The van der Waals surface area contributed by atoms with Crippen molar-refractivity contribution in [2.45, 2.75) is 19.4 Å². The molecule has 15 heavy (non-hydrogen) atoms. The fourth-order valence-electron chi connectivity index (χ4n) is 1.26. The zero-order valence-electron chi connectivity index (χ0n) is 9.29. The van der Waals surface area contributed by atoms with Gasteiger partial charge in [0.05, 0.1) is 6.54 Å². The Balaban J connectivity index is 2.20. The summed E-state index contributed by atoms with van der Waals surface area (Å²) in [6.07, 6.45) is 5.01. The Kier molecular flexibility index (Phi) is 4.83. The molecule has 2 N–H and O–H groups in total. The lowest BCUT2D eigenvalue weighted by molar-refractivity contribution is -0.121. The van der Waals surface area contributed by atoms with Crippen molar-refractivity contribution < 1.29 is 4.79 Å². The first-order chi connectivity index (χ1) is 7.24. The van der Waals surface area contributed by atoms with Gasteiger partial charge >= 0.3 is 0 Å². The van der Waals surface area contributed by atoms with Crippen LogP contribution in [0.1, 0.15) is 18.7 Å². The lowest BCUT2D eigenvalue weighted by Crippen LogP contribution is -2.25. The number of carbonyl (C=O) groups is 1. The Bertz CT molecular complexity index is 308. The highest BCUT2D eigenvalue weighted by Crippen LogP contribution is 1.94. The molecule has 1 amide bonds. The molecule has 0 aliphatic rings. The highest BCUT2D eigenvalue weighted by Gasteiger charge is 2.03. The number of hydrogen-bond donors (Lipinski definition) is 2. The second-order valence-corrected chi connectivity index (χ2v) is 3.44. The number of carbonyl (C=O) groups excluding carboxylic acids is 1. The van der Waals surface area contributed by atoms with Crippen molar-refractivity contribution in [2.75, 3.05) is 13.6 Å². The lowest BCUT2D eigenvalue weighted by atomic mass is 10.3. The van der Waals surface area contributed by atoms with Crippen LogP contribution in [-0.2, 0) is 18.4 Å². The molecule has 0 saturated carbocycles. The van der Waals surface area contributed by atoms with Gasteiger partial charge in [0, 0.05) is 25.9 Å². The number of nitrogens with one attached hydrogen (secondary N) is 2. The van der Waals surface area contributed by atoms with Crippen LogP contribution in [0, 0.1) is 0 Å². The van der Waals surface area contributed by atoms with Gasteiger partial charge in [0.2, 0.25) is 5.91 Å². The smallest absolute Gasteiger partial charge is 0.220 e. The normalized spacial score (nSPS) is 10.3. The van der Waals surface area contributed by atoms with Crippen molar-refractivity contribution in [1.29, 1.82) is 0 Å². The highest BCUT2D eigenvalue weighted by atomic mass is 16.1. The van der Waals surface area contributed by atoms with Gasteiger partial charge in [-0.05, 0) is 20.0 Å². The third kappa shape index (κ3) is 4.12. The van der Waals surface area contributed by atoms with Gasteiger partial charge in [0.1, 0.15) is 5.82 Å². The van der Waals surface area contributed by atoms with Crippen LogP contribution < -0.4 is 10.6 Å². The predicted octanol–water partition coefficient (Wildman–Crippen LogP) is 0.0359. The predicted molar refractivity (Wildman–Crippen MR) is 58.2 cm³/mol. The molecular formula is C10H18N4O. The van der Waals surface area contributed by atoms with Crippen molar-refractivity contribution in [1.82, 2.24) is 20.2 Å². The van der Waals surface area contributed by atoms with E-state index < -0.39 is 0 Å². The summed E-state index contributed by atoms with van der Waals surface area (Å²) in [6, 6.07) is 0. The van der Waals surface area contributed by atoms with Crippen LogP contribution in [-0.4, -0.2) is 29.1 Å². The lowest BCUT2D eigenvalue weighted by Gasteiger charge is -2.04. The maximum absolute atomic E-state index is 11.3. The molecule has 0 radical (unpaired) electrons. The highest BCUT2D eigenvalue weighted by molar-refractivity contribution is 5.75. The van der Waals surface area contributed by atoms with Gasteiger partial charge in [-0.15, -0.1) is 0 Å². The van der Waals surface area contributed by atoms with E-state index in [9.17, 15) is 4.79 Å². The molecule has 0 unspecified atom stereocenters. The molecule has 0 aliphatic carbocycles. The second-order valence-electron chi connectivity index (χ2n) is 3.44. The molecule has 0 fully saturated rings. The minimum Gasteiger partial charge on any atom is -0.349 e. The third-order valence-electron chi connectivity index (χ3n) is 2.20. The Morgan fingerprint density at radius 1 is 1.60 bits per heavy atom. The van der Waals surface area contributed by atoms with E-state index in [0.29, 0.717) is 13.0 Å². The van der Waals surface area contributed by atoms with Crippen LogP contribution in [0.15, 0.2) is 12.4 Å². The Hall–Kier alpha value is -1.36. The summed E-state index contributed by atoms with van der Waals surface area (Å²) < 4.78 is 1.90. The van der Waals surface area contributed by atoms with Crippen molar-refractivity contribution in [2.24, 2.45) is 7.05 Å². The monoisotopic (exact) mass is 210 g/mol. The van der Waals surface area contributed by atoms with Crippen LogP contribution in [0.2, 0.25) is 0 Å². The average Bonchev–Trinajstić information content (AvgIpc) is 2.61. The minimum atomic E-state index is 0.0771. The molecule has 1 heterocycles. The number of aryl methyl sites for hydroxylation is 1. The van der Waals surface area contributed by atoms with E-state index in [2.05, 4.69) is 15.6 Å². The summed E-state index contributed by atoms with van der Waals surface area (Å²) in [4.78, 5) is 15.5. The number of rotatable bonds is 6. The fourth-order valence-corrected chi connectivity index (χ4v) is 1.26. The first-order valence-corrected chi connectivity index (χ1v) is 5.11. The average molecular weight is 210 g/mol. The van der Waals surface area contributed by atoms with Crippen molar-refractivity contribution in [3.8, 4) is 0 Å². The molecule has 0 aromatic carbocycles. The summed E-state index contributed by atoms with van der Waals surface area (Å²) in [5.74, 6) is 0.949. The van der Waals surface area contributed by atoms with Gasteiger partial charge in [-0.3, -0.25) is 4.79 Å². The van der Waals surface area contributed by atoms with E-state index >= 15 is 0 Å². The maximum Gasteiger partial charge on any atom is 0.220 e. The van der Waals surface area contributed by atoms with Crippen molar-refractivity contribution in [3.05, 3.63) is 18.2 Å². The van der Waals surface area contributed by atoms with Gasteiger partial charge in [-0.2, -0.15) is 0 Å². The van der Waals surface area contributed by atoms with Gasteiger partial charge < -0.3 is 15.2 Å². The second kappa shape index (κ2) is 6.19. The topological polar surface area (TPSA) is 59.0 Å². The molecule has 0 atom stereocenters. The van der Waals surface area contributed by atoms with Crippen LogP contribution >= 0.6 is 0 Å². The molecule has 84 valence electrons. The van der Waals surface area contributed by atoms with Gasteiger partial charge in [-0.1, -0.05) is 0 Å². The quantitative estimate of drug-likeness (QED) is 0.652. The summed E-state index contributed by atoms with van der Waals surface area (Å²) in [6.45, 7) is 1.37. The van der Waals surface area contributed by atoms with Gasteiger partial charge in [-0.25, -0.2) is 4.98 Å². The molecule has 0 saturated heterocycles. The Morgan fingerprint density at radius 2 is 2.40 bits per heavy atom. The Labute approximate surface area is 89.9 Å². The van der Waals surface area contributed by atoms with Crippen molar-refractivity contribution in [3.63, 3.8) is 0 Å². The van der Waals surface area contributed by atoms with E-state index in [4.69, 9.17) is 0 Å². The number of hydrogen-bond acceptors (Lipinski definition) is 3. The molecule has 5 heteroatoms. The van der Waals surface area contributed by atoms with E-state index in [1.54, 1.807) is 6.20 Å². The molecule has 5 nitrogen and oxygen atoms in total. The molecular weight excluding hydrogens is 192 g/mol. The zero-order chi connectivity index (χ0) is 11.1. The van der Waals surface area contributed by atoms with Crippen LogP contribution in [0.4, 0.5) is 0 Å². The van der Waals surface area contributed by atoms with E-state index in [0.717, 1.165) is 18.8 Å². The minimum absolute atomic E-state index is 0.0771. The molecule has 0 spiro atoms. The molecule has 1 aromatic heterocycles. The number of nitrogens with zero attached hydrogens (tertiary/aromatic N) is 2. The fraction of sp³-hybridized carbons (Fsp3) is 0.600. The van der Waals surface area contributed by atoms with Crippen molar-refractivity contribution >= 4 is 5.91 Å². The van der Waals surface area contributed by atoms with Crippen LogP contribution in [0.25, 0.3) is 0 Å². The van der Waals surface area contributed by atoms with Gasteiger partial charge in [0.25, 0.3) is 0 Å². The third-order valence-corrected chi connectivity index (χ3v) is 2.20. The van der Waals surface area contributed by atoms with Gasteiger partial charge in [0.15, 0.2) is 0 Å². The van der Waals surface area contributed by atoms with Crippen LogP contribution in [0.3, 0.4) is 0 Å². The summed E-state index contributed by atoms with van der Waals surface area (Å²) in [5.41, 5.74) is 0. The summed E-state index contributed by atoms with van der Waals surface area (Å²) in [5, 5.41) is 5.84. The maximum atomic E-state index is 11.3. The van der Waals surface area contributed by atoms with Crippen LogP contribution in [0.5, 0.6) is 0 Å². The standard InChI is InChI=1S/C10H18N4O/c1-11-5-3-4-10(15)13-8-9-12-6-7-14(9)2/h6-7,11H,3-5,8H2,1-2H3,(H,13,15). The number of imidazole rings is 1. The van der Waals surface area contributed by atoms with E-state index in [1.165, 1.54) is 0 Å². The summed E-state index contributed by atoms with van der Waals surface area (Å²) >= 11 is 0. The molecule has 0 bridgehead atoms. The molecule has 1 rings (SSSR count). The van der Waals surface area contributed by atoms with E-state index in [-0.39, 0.29) is 5.91 Å². The SMILES string of the molecule is CNCCCC(=O)NCc1nccn1C. The number of aromatic nitrogens is 2. The first kappa shape index (κ1) is 11.7. The first-order valence-electron chi connectivity index (χ1n) is 5.11. The zero-order valence-corrected chi connectivity index (χ0v) is 9.29. The van der Waals surface area contributed by atoms with E-state index in [1.807, 2.05) is 24.9 Å². The summed E-state index contributed by atoms with van der Waals surface area (Å²) in [7, 11) is 3.79. The Morgan fingerprint density at radius 3 is 3.00 bits per heavy atom.